The van der Waals surface area contributed by atoms with E-state index in [1.165, 1.54) is 64.6 Å². The normalized spacial score (nSPS) is 12.1. The number of carbonyl (C=O) groups is 1. The molecule has 8 aromatic carbocycles. The minimum Gasteiger partial charge on any atom is -0.322 e. The molecule has 0 aliphatic carbocycles. The highest BCUT2D eigenvalue weighted by Gasteiger charge is 2.21. The Bertz CT molecular complexity index is 2090. The van der Waals surface area contributed by atoms with E-state index in [4.69, 9.17) is 0 Å². The first-order chi connectivity index (χ1) is 17.3. The lowest BCUT2D eigenvalue weighted by molar-refractivity contribution is 0.102. The molecular weight excluding hydrogens is 426 g/mol. The third kappa shape index (κ3) is 2.41. The van der Waals surface area contributed by atoms with E-state index in [9.17, 15) is 4.79 Å². The summed E-state index contributed by atoms with van der Waals surface area (Å²) in [5.74, 6) is -0.0948. The predicted octanol–water partition coefficient (Wildman–Crippen LogP) is 8.73. The second kappa shape index (κ2) is 6.68. The number of hydrogen-bond acceptors (Lipinski definition) is 1. The Morgan fingerprint density at radius 3 is 1.57 bits per heavy atom. The van der Waals surface area contributed by atoms with Crippen molar-refractivity contribution in [1.82, 2.24) is 0 Å². The Hall–Kier alpha value is -4.69. The van der Waals surface area contributed by atoms with E-state index in [1.54, 1.807) is 0 Å². The topological polar surface area (TPSA) is 29.1 Å². The van der Waals surface area contributed by atoms with Gasteiger partial charge < -0.3 is 5.32 Å². The van der Waals surface area contributed by atoms with Crippen molar-refractivity contribution in [3.05, 3.63) is 115 Å². The number of hydrogen-bond donors (Lipinski definition) is 1. The molecule has 0 aliphatic heterocycles. The Morgan fingerprint density at radius 1 is 0.429 bits per heavy atom. The number of nitrogens with one attached hydrogen (secondary N) is 1. The summed E-state index contributed by atoms with van der Waals surface area (Å²) < 4.78 is 0. The zero-order valence-electron chi connectivity index (χ0n) is 18.8. The summed E-state index contributed by atoms with van der Waals surface area (Å²) in [6.45, 7) is 0. The van der Waals surface area contributed by atoms with Crippen LogP contribution in [0.25, 0.3) is 64.6 Å². The largest absolute Gasteiger partial charge is 0.322 e. The summed E-state index contributed by atoms with van der Waals surface area (Å²) in [6.07, 6.45) is 0. The van der Waals surface area contributed by atoms with Crippen LogP contribution in [0.1, 0.15) is 10.4 Å². The second-order valence-electron chi connectivity index (χ2n) is 9.33. The summed E-state index contributed by atoms with van der Waals surface area (Å²) >= 11 is 0. The quantitative estimate of drug-likeness (QED) is 0.265. The molecule has 0 heterocycles. The van der Waals surface area contributed by atoms with Crippen molar-refractivity contribution in [3.63, 3.8) is 0 Å². The van der Waals surface area contributed by atoms with Gasteiger partial charge in [-0.15, -0.1) is 0 Å². The van der Waals surface area contributed by atoms with Crippen LogP contribution in [0.2, 0.25) is 0 Å². The van der Waals surface area contributed by atoms with Crippen LogP contribution >= 0.6 is 0 Å². The molecule has 0 unspecified atom stereocenters. The highest BCUT2D eigenvalue weighted by atomic mass is 16.1. The third-order valence-corrected chi connectivity index (χ3v) is 7.53. The van der Waals surface area contributed by atoms with Gasteiger partial charge in [0.2, 0.25) is 0 Å². The van der Waals surface area contributed by atoms with Gasteiger partial charge in [0.15, 0.2) is 0 Å². The summed E-state index contributed by atoms with van der Waals surface area (Å²) in [4.78, 5) is 12.8. The molecule has 0 aliphatic rings. The van der Waals surface area contributed by atoms with Gasteiger partial charge in [-0.1, -0.05) is 84.9 Å². The molecular formula is C33H19NO. The summed E-state index contributed by atoms with van der Waals surface area (Å²) in [5.41, 5.74) is 1.47. The van der Waals surface area contributed by atoms with Crippen LogP contribution < -0.4 is 5.32 Å². The van der Waals surface area contributed by atoms with E-state index in [2.05, 4.69) is 78.1 Å². The van der Waals surface area contributed by atoms with Gasteiger partial charge in [0.1, 0.15) is 0 Å². The zero-order valence-corrected chi connectivity index (χ0v) is 18.8. The Balaban J connectivity index is 1.47. The van der Waals surface area contributed by atoms with E-state index in [-0.39, 0.29) is 5.91 Å². The van der Waals surface area contributed by atoms with Crippen molar-refractivity contribution in [1.29, 1.82) is 0 Å². The minimum atomic E-state index is -0.0948. The van der Waals surface area contributed by atoms with Crippen LogP contribution in [0.5, 0.6) is 0 Å². The lowest BCUT2D eigenvalue weighted by Crippen LogP contribution is -2.11. The fourth-order valence-electron chi connectivity index (χ4n) is 6.13. The molecule has 1 N–H and O–H groups in total. The van der Waals surface area contributed by atoms with E-state index in [1.807, 2.05) is 36.4 Å². The maximum Gasteiger partial charge on any atom is 0.255 e. The van der Waals surface area contributed by atoms with E-state index >= 15 is 0 Å². The molecule has 0 saturated heterocycles. The van der Waals surface area contributed by atoms with Crippen molar-refractivity contribution in [2.45, 2.75) is 0 Å². The molecule has 162 valence electrons. The van der Waals surface area contributed by atoms with Gasteiger partial charge in [-0.3, -0.25) is 4.79 Å². The Kier molecular flexibility index (Phi) is 3.57. The standard InChI is InChI=1S/C33H19NO/c35-33(19-8-2-1-3-9-19)34-20-16-17-25-28(18-20)24-13-7-15-26-29-22-11-5-4-10-21(22)23-12-6-14-27(30(23)29)32(25)31(24)26/h1-18H,(H,34,35). The SMILES string of the molecule is O=C(Nc1ccc2c(c1)c1cccc3c4c5ccccc5c5cccc(c54)c2c13)c1ccccc1. The van der Waals surface area contributed by atoms with E-state index in [0.29, 0.717) is 5.56 Å². The first-order valence-corrected chi connectivity index (χ1v) is 11.9. The molecule has 0 aromatic heterocycles. The van der Waals surface area contributed by atoms with Crippen LogP contribution in [0.15, 0.2) is 109 Å². The highest BCUT2D eigenvalue weighted by Crippen LogP contribution is 2.50. The van der Waals surface area contributed by atoms with Crippen LogP contribution in [0.3, 0.4) is 0 Å². The van der Waals surface area contributed by atoms with Crippen molar-refractivity contribution < 1.29 is 4.79 Å². The number of anilines is 1. The van der Waals surface area contributed by atoms with Crippen molar-refractivity contribution in [3.8, 4) is 0 Å². The predicted molar refractivity (Wildman–Crippen MR) is 148 cm³/mol. The molecule has 0 fully saturated rings. The average molecular weight is 446 g/mol. The molecule has 2 nitrogen and oxygen atoms in total. The van der Waals surface area contributed by atoms with Crippen LogP contribution in [0, 0.1) is 0 Å². The van der Waals surface area contributed by atoms with Gasteiger partial charge in [0, 0.05) is 11.3 Å². The van der Waals surface area contributed by atoms with Crippen molar-refractivity contribution >= 4 is 76.2 Å². The third-order valence-electron chi connectivity index (χ3n) is 7.53. The molecule has 0 spiro atoms. The summed E-state index contributed by atoms with van der Waals surface area (Å²) in [7, 11) is 0. The van der Waals surface area contributed by atoms with Gasteiger partial charge in [-0.25, -0.2) is 0 Å². The summed E-state index contributed by atoms with van der Waals surface area (Å²) in [5, 5.41) is 18.6. The monoisotopic (exact) mass is 445 g/mol. The van der Waals surface area contributed by atoms with Gasteiger partial charge in [0.25, 0.3) is 5.91 Å². The Morgan fingerprint density at radius 2 is 0.914 bits per heavy atom. The lowest BCUT2D eigenvalue weighted by Gasteiger charge is -2.07. The maximum absolute atomic E-state index is 12.8. The van der Waals surface area contributed by atoms with E-state index < -0.39 is 0 Å². The van der Waals surface area contributed by atoms with Crippen molar-refractivity contribution in [2.24, 2.45) is 0 Å². The molecule has 0 bridgehead atoms. The first kappa shape index (κ1) is 18.7. The number of rotatable bonds is 2. The molecule has 0 radical (unpaired) electrons. The van der Waals surface area contributed by atoms with Gasteiger partial charge in [-0.2, -0.15) is 0 Å². The van der Waals surface area contributed by atoms with E-state index in [0.717, 1.165) is 5.69 Å². The summed E-state index contributed by atoms with van der Waals surface area (Å²) in [6, 6.07) is 37.8. The van der Waals surface area contributed by atoms with Gasteiger partial charge in [-0.05, 0) is 88.9 Å². The maximum atomic E-state index is 12.8. The number of fused-ring (bicyclic) bond motifs is 8. The number of benzene rings is 6. The first-order valence-electron chi connectivity index (χ1n) is 11.9. The minimum absolute atomic E-state index is 0.0948. The lowest BCUT2D eigenvalue weighted by atomic mass is 9.95. The molecule has 35 heavy (non-hydrogen) atoms. The van der Waals surface area contributed by atoms with Crippen LogP contribution in [-0.2, 0) is 0 Å². The zero-order chi connectivity index (χ0) is 23.1. The molecule has 0 atom stereocenters. The van der Waals surface area contributed by atoms with Crippen LogP contribution in [0.4, 0.5) is 5.69 Å². The molecule has 8 rings (SSSR count). The average Bonchev–Trinajstić information content (AvgIpc) is 3.42. The van der Waals surface area contributed by atoms with Gasteiger partial charge >= 0.3 is 0 Å². The van der Waals surface area contributed by atoms with Gasteiger partial charge in [0.05, 0.1) is 0 Å². The molecule has 0 saturated carbocycles. The molecule has 8 aromatic rings. The number of carbonyl (C=O) groups excluding carboxylic acids is 1. The fourth-order valence-corrected chi connectivity index (χ4v) is 6.13. The smallest absolute Gasteiger partial charge is 0.255 e. The van der Waals surface area contributed by atoms with Crippen molar-refractivity contribution in [2.75, 3.05) is 5.32 Å². The highest BCUT2D eigenvalue weighted by molar-refractivity contribution is 6.47. The Labute approximate surface area is 201 Å². The number of amides is 1. The fraction of sp³-hybridized carbons (Fsp3) is 0. The molecule has 1 amide bonds. The molecule has 2 heteroatoms. The second-order valence-corrected chi connectivity index (χ2v) is 9.33. The van der Waals surface area contributed by atoms with Crippen LogP contribution in [-0.4, -0.2) is 5.91 Å².